The number of para-hydroxylation sites is 1. The Bertz CT molecular complexity index is 1190. The van der Waals surface area contributed by atoms with Crippen LogP contribution in [0.25, 0.3) is 16.9 Å². The van der Waals surface area contributed by atoms with Gasteiger partial charge < -0.3 is 4.74 Å². The Labute approximate surface area is 180 Å². The van der Waals surface area contributed by atoms with Gasteiger partial charge in [0.25, 0.3) is 5.91 Å². The summed E-state index contributed by atoms with van der Waals surface area (Å²) < 4.78 is 7.27. The second-order valence-electron chi connectivity index (χ2n) is 6.85. The highest BCUT2D eigenvalue weighted by molar-refractivity contribution is 5.89. The lowest BCUT2D eigenvalue weighted by Crippen LogP contribution is -2.24. The van der Waals surface area contributed by atoms with Crippen molar-refractivity contribution in [2.24, 2.45) is 5.10 Å². The molecule has 0 saturated carbocycles. The number of pyridine rings is 1. The Hall–Kier alpha value is -4.26. The second kappa shape index (κ2) is 9.49. The summed E-state index contributed by atoms with van der Waals surface area (Å²) in [5.74, 6) is 0.293. The Kier molecular flexibility index (Phi) is 6.13. The third kappa shape index (κ3) is 5.22. The second-order valence-corrected chi connectivity index (χ2v) is 6.85. The molecule has 1 N–H and O–H groups in total. The first-order valence-corrected chi connectivity index (χ1v) is 9.76. The van der Waals surface area contributed by atoms with Crippen LogP contribution in [-0.2, 0) is 4.79 Å². The molecule has 0 unspecified atom stereocenters. The predicted molar refractivity (Wildman–Crippen MR) is 119 cm³/mol. The number of benzene rings is 2. The number of ether oxygens (including phenoxy) is 1. The number of amides is 1. The van der Waals surface area contributed by atoms with Crippen LogP contribution in [0.15, 0.2) is 90.4 Å². The minimum absolute atomic E-state index is 0.124. The largest absolute Gasteiger partial charge is 0.484 e. The zero-order valence-electron chi connectivity index (χ0n) is 17.0. The molecular weight excluding hydrogens is 390 g/mol. The average Bonchev–Trinajstić information content (AvgIpc) is 3.23. The van der Waals surface area contributed by atoms with E-state index in [1.165, 1.54) is 0 Å². The molecule has 1 amide bonds. The highest BCUT2D eigenvalue weighted by Gasteiger charge is 2.11. The van der Waals surface area contributed by atoms with E-state index >= 15 is 0 Å². The first-order chi connectivity index (χ1) is 15.2. The molecular formula is C24H21N5O2. The van der Waals surface area contributed by atoms with Gasteiger partial charge >= 0.3 is 0 Å². The van der Waals surface area contributed by atoms with E-state index in [0.717, 1.165) is 28.1 Å². The number of nitrogens with zero attached hydrogens (tertiary/aromatic N) is 4. The number of aryl methyl sites for hydroxylation is 1. The van der Waals surface area contributed by atoms with Crippen molar-refractivity contribution in [2.75, 3.05) is 6.61 Å². The normalized spacial score (nSPS) is 10.9. The maximum atomic E-state index is 12.1. The highest BCUT2D eigenvalue weighted by atomic mass is 16.5. The number of hydrogen-bond donors (Lipinski definition) is 1. The average molecular weight is 411 g/mol. The molecule has 31 heavy (non-hydrogen) atoms. The van der Waals surface area contributed by atoms with Gasteiger partial charge in [-0.3, -0.25) is 9.78 Å². The van der Waals surface area contributed by atoms with Crippen LogP contribution in [0.5, 0.6) is 5.75 Å². The van der Waals surface area contributed by atoms with Crippen LogP contribution in [0.3, 0.4) is 0 Å². The van der Waals surface area contributed by atoms with Crippen molar-refractivity contribution in [3.63, 3.8) is 0 Å². The summed E-state index contributed by atoms with van der Waals surface area (Å²) in [4.78, 5) is 16.2. The monoisotopic (exact) mass is 411 g/mol. The van der Waals surface area contributed by atoms with E-state index in [9.17, 15) is 4.79 Å². The summed E-state index contributed by atoms with van der Waals surface area (Å²) in [5, 5.41) is 8.78. The van der Waals surface area contributed by atoms with Gasteiger partial charge in [-0.15, -0.1) is 0 Å². The standard InChI is InChI=1S/C24H21N5O2/c1-18-6-5-9-22(14-18)31-17-23(30)27-26-15-20-16-29(21-7-3-2-4-8-21)28-24(20)19-10-12-25-13-11-19/h2-16H,17H2,1H3,(H,27,30)/b26-15-. The SMILES string of the molecule is Cc1cccc(OCC(=O)N/N=C\c2cn(-c3ccccc3)nc2-c2ccncc2)c1. The molecule has 0 saturated heterocycles. The molecule has 0 atom stereocenters. The molecule has 154 valence electrons. The number of carbonyl (C=O) groups excluding carboxylic acids is 1. The third-order valence-corrected chi connectivity index (χ3v) is 4.47. The highest BCUT2D eigenvalue weighted by Crippen LogP contribution is 2.22. The van der Waals surface area contributed by atoms with Gasteiger partial charge in [-0.2, -0.15) is 10.2 Å². The molecule has 2 aromatic carbocycles. The summed E-state index contributed by atoms with van der Waals surface area (Å²) in [6.07, 6.45) is 6.86. The number of carbonyl (C=O) groups is 1. The summed E-state index contributed by atoms with van der Waals surface area (Å²) in [7, 11) is 0. The van der Waals surface area contributed by atoms with Gasteiger partial charge in [0.15, 0.2) is 6.61 Å². The fraction of sp³-hybridized carbons (Fsp3) is 0.0833. The van der Waals surface area contributed by atoms with Crippen LogP contribution >= 0.6 is 0 Å². The Morgan fingerprint density at radius 1 is 1.10 bits per heavy atom. The van der Waals surface area contributed by atoms with E-state index in [1.807, 2.05) is 79.9 Å². The van der Waals surface area contributed by atoms with Crippen molar-refractivity contribution in [1.82, 2.24) is 20.2 Å². The number of nitrogens with one attached hydrogen (secondary N) is 1. The van der Waals surface area contributed by atoms with Gasteiger partial charge in [0.05, 0.1) is 11.9 Å². The number of hydrazone groups is 1. The molecule has 0 radical (unpaired) electrons. The van der Waals surface area contributed by atoms with Crippen molar-refractivity contribution >= 4 is 12.1 Å². The molecule has 0 aliphatic rings. The minimum Gasteiger partial charge on any atom is -0.484 e. The van der Waals surface area contributed by atoms with E-state index in [-0.39, 0.29) is 12.5 Å². The molecule has 0 spiro atoms. The molecule has 0 bridgehead atoms. The fourth-order valence-electron chi connectivity index (χ4n) is 2.99. The van der Waals surface area contributed by atoms with Crippen molar-refractivity contribution in [1.29, 1.82) is 0 Å². The fourth-order valence-corrected chi connectivity index (χ4v) is 2.99. The van der Waals surface area contributed by atoms with Crippen LogP contribution in [0.2, 0.25) is 0 Å². The van der Waals surface area contributed by atoms with Crippen molar-refractivity contribution in [3.05, 3.63) is 96.4 Å². The van der Waals surface area contributed by atoms with Crippen molar-refractivity contribution < 1.29 is 9.53 Å². The Morgan fingerprint density at radius 3 is 2.68 bits per heavy atom. The van der Waals surface area contributed by atoms with Gasteiger partial charge in [-0.1, -0.05) is 30.3 Å². The molecule has 0 aliphatic carbocycles. The minimum atomic E-state index is -0.348. The van der Waals surface area contributed by atoms with Crippen molar-refractivity contribution in [2.45, 2.75) is 6.92 Å². The van der Waals surface area contributed by atoms with Crippen LogP contribution in [0, 0.1) is 6.92 Å². The van der Waals surface area contributed by atoms with E-state index < -0.39 is 0 Å². The zero-order valence-corrected chi connectivity index (χ0v) is 17.0. The summed E-state index contributed by atoms with van der Waals surface area (Å²) in [5.41, 5.74) is 6.89. The van der Waals surface area contributed by atoms with Crippen LogP contribution in [-0.4, -0.2) is 33.5 Å². The smallest absolute Gasteiger partial charge is 0.277 e. The third-order valence-electron chi connectivity index (χ3n) is 4.47. The summed E-state index contributed by atoms with van der Waals surface area (Å²) >= 11 is 0. The van der Waals surface area contributed by atoms with E-state index in [1.54, 1.807) is 23.3 Å². The van der Waals surface area contributed by atoms with Crippen molar-refractivity contribution in [3.8, 4) is 22.7 Å². The Morgan fingerprint density at radius 2 is 1.90 bits per heavy atom. The molecule has 7 nitrogen and oxygen atoms in total. The first-order valence-electron chi connectivity index (χ1n) is 9.76. The van der Waals surface area contributed by atoms with Crippen LogP contribution < -0.4 is 10.2 Å². The van der Waals surface area contributed by atoms with Crippen LogP contribution in [0.4, 0.5) is 0 Å². The Balaban J connectivity index is 1.48. The van der Waals surface area contributed by atoms with Gasteiger partial charge in [0.1, 0.15) is 11.4 Å². The van der Waals surface area contributed by atoms with Crippen LogP contribution in [0.1, 0.15) is 11.1 Å². The first kappa shape index (κ1) is 20.0. The predicted octanol–water partition coefficient (Wildman–Crippen LogP) is 3.77. The number of hydrogen-bond acceptors (Lipinski definition) is 5. The maximum absolute atomic E-state index is 12.1. The molecule has 4 rings (SSSR count). The maximum Gasteiger partial charge on any atom is 0.277 e. The van der Waals surface area contributed by atoms with E-state index in [2.05, 4.69) is 15.5 Å². The molecule has 7 heteroatoms. The molecule has 2 heterocycles. The lowest BCUT2D eigenvalue weighted by atomic mass is 10.1. The van der Waals surface area contributed by atoms with E-state index in [0.29, 0.717) is 5.75 Å². The van der Waals surface area contributed by atoms with Gasteiger partial charge in [-0.25, -0.2) is 10.1 Å². The van der Waals surface area contributed by atoms with Gasteiger partial charge in [-0.05, 0) is 48.9 Å². The molecule has 4 aromatic rings. The zero-order chi connectivity index (χ0) is 21.5. The van der Waals surface area contributed by atoms with E-state index in [4.69, 9.17) is 9.84 Å². The number of aromatic nitrogens is 3. The lowest BCUT2D eigenvalue weighted by Gasteiger charge is -2.05. The number of rotatable bonds is 7. The lowest BCUT2D eigenvalue weighted by molar-refractivity contribution is -0.123. The molecule has 2 aromatic heterocycles. The quantitative estimate of drug-likeness (QED) is 0.371. The molecule has 0 aliphatic heterocycles. The topological polar surface area (TPSA) is 81.4 Å². The molecule has 0 fully saturated rings. The summed E-state index contributed by atoms with van der Waals surface area (Å²) in [6, 6.07) is 21.1. The summed E-state index contributed by atoms with van der Waals surface area (Å²) in [6.45, 7) is 1.84. The van der Waals surface area contributed by atoms with Gasteiger partial charge in [0.2, 0.25) is 0 Å². The van der Waals surface area contributed by atoms with Gasteiger partial charge in [0, 0.05) is 29.7 Å².